The highest BCUT2D eigenvalue weighted by Gasteiger charge is 2.34. The zero-order valence-corrected chi connectivity index (χ0v) is 16.7. The van der Waals surface area contributed by atoms with Gasteiger partial charge in [0.1, 0.15) is 5.69 Å². The fourth-order valence-electron chi connectivity index (χ4n) is 3.37. The Morgan fingerprint density at radius 2 is 2.03 bits per heavy atom. The van der Waals surface area contributed by atoms with Crippen molar-refractivity contribution in [2.75, 3.05) is 0 Å². The number of aryl methyl sites for hydroxylation is 1. The molecule has 4 rings (SSSR count). The lowest BCUT2D eigenvalue weighted by Crippen LogP contribution is -2.46. The molecule has 0 aliphatic carbocycles. The zero-order valence-electron chi connectivity index (χ0n) is 16.0. The molecule has 3 aromatic heterocycles. The van der Waals surface area contributed by atoms with E-state index in [2.05, 4.69) is 19.9 Å². The van der Waals surface area contributed by atoms with Crippen LogP contribution in [0.5, 0.6) is 0 Å². The molecular formula is C19H16ClF3N6O. The van der Waals surface area contributed by atoms with E-state index in [0.717, 1.165) is 23.9 Å². The first-order chi connectivity index (χ1) is 14.1. The standard InChI is InChI=1S/C19H16ClF3N6O/c1-10-6-25-18(20)27-15(10)14-9-28-7-11(2)29(17(30)16(28)26-14)8-13-5-12(3-4-24-13)19(21,22)23/h3-6,9,11H,7-8H2,1-2H3. The SMILES string of the molecule is Cc1cnc(Cl)nc1-c1cn2c(n1)C(=O)N(Cc1cc(C(F)(F)F)ccn1)C(C)C2. The number of amides is 1. The summed E-state index contributed by atoms with van der Waals surface area (Å²) in [4.78, 5) is 31.0. The number of alkyl halides is 3. The smallest absolute Gasteiger partial charge is 0.326 e. The molecule has 1 amide bonds. The average Bonchev–Trinajstić information content (AvgIpc) is 3.10. The lowest BCUT2D eigenvalue weighted by molar-refractivity contribution is -0.137. The summed E-state index contributed by atoms with van der Waals surface area (Å²) in [5, 5.41) is 0.0681. The number of hydrogen-bond donors (Lipinski definition) is 0. The van der Waals surface area contributed by atoms with E-state index in [1.807, 2.05) is 6.92 Å². The summed E-state index contributed by atoms with van der Waals surface area (Å²) < 4.78 is 40.7. The van der Waals surface area contributed by atoms with Gasteiger partial charge in [-0.25, -0.2) is 15.0 Å². The van der Waals surface area contributed by atoms with Gasteiger partial charge in [-0.15, -0.1) is 0 Å². The molecule has 1 aliphatic rings. The summed E-state index contributed by atoms with van der Waals surface area (Å²) in [5.41, 5.74) is 1.10. The van der Waals surface area contributed by atoms with Crippen LogP contribution < -0.4 is 0 Å². The van der Waals surface area contributed by atoms with Gasteiger partial charge >= 0.3 is 6.18 Å². The van der Waals surface area contributed by atoms with Gasteiger partial charge in [-0.05, 0) is 43.1 Å². The summed E-state index contributed by atoms with van der Waals surface area (Å²) in [6, 6.07) is 1.59. The molecule has 11 heteroatoms. The molecule has 0 radical (unpaired) electrons. The Bertz CT molecular complexity index is 1130. The highest BCUT2D eigenvalue weighted by molar-refractivity contribution is 6.28. The van der Waals surface area contributed by atoms with Gasteiger partial charge < -0.3 is 9.47 Å². The van der Waals surface area contributed by atoms with Crippen LogP contribution in [0.1, 0.15) is 34.4 Å². The predicted molar refractivity (Wildman–Crippen MR) is 102 cm³/mol. The molecule has 0 saturated heterocycles. The molecule has 1 aliphatic heterocycles. The maximum absolute atomic E-state index is 13.0. The first-order valence-corrected chi connectivity index (χ1v) is 9.41. The molecule has 1 unspecified atom stereocenters. The van der Waals surface area contributed by atoms with Crippen molar-refractivity contribution in [2.24, 2.45) is 0 Å². The third-order valence-corrected chi connectivity index (χ3v) is 5.06. The third kappa shape index (κ3) is 3.74. The molecule has 1 atom stereocenters. The minimum Gasteiger partial charge on any atom is -0.326 e. The minimum absolute atomic E-state index is 0.0511. The number of pyridine rings is 1. The van der Waals surface area contributed by atoms with Crippen molar-refractivity contribution in [1.29, 1.82) is 0 Å². The van der Waals surface area contributed by atoms with E-state index in [-0.39, 0.29) is 29.4 Å². The molecule has 4 heterocycles. The molecule has 0 saturated carbocycles. The van der Waals surface area contributed by atoms with Crippen LogP contribution in [-0.4, -0.2) is 41.4 Å². The number of aromatic nitrogens is 5. The van der Waals surface area contributed by atoms with E-state index < -0.39 is 17.6 Å². The van der Waals surface area contributed by atoms with Crippen molar-refractivity contribution in [3.05, 3.63) is 58.7 Å². The second kappa shape index (κ2) is 7.35. The van der Waals surface area contributed by atoms with Crippen molar-refractivity contribution in [1.82, 2.24) is 29.4 Å². The van der Waals surface area contributed by atoms with Crippen molar-refractivity contribution in [3.63, 3.8) is 0 Å². The summed E-state index contributed by atoms with van der Waals surface area (Å²) >= 11 is 5.88. The number of halogens is 4. The van der Waals surface area contributed by atoms with E-state index in [9.17, 15) is 18.0 Å². The van der Waals surface area contributed by atoms with Crippen LogP contribution in [0.25, 0.3) is 11.4 Å². The largest absolute Gasteiger partial charge is 0.416 e. The quantitative estimate of drug-likeness (QED) is 0.584. The van der Waals surface area contributed by atoms with Gasteiger partial charge in [0.25, 0.3) is 5.91 Å². The zero-order chi connectivity index (χ0) is 21.6. The van der Waals surface area contributed by atoms with Gasteiger partial charge in [-0.2, -0.15) is 13.2 Å². The van der Waals surface area contributed by atoms with Crippen LogP contribution >= 0.6 is 11.6 Å². The average molecular weight is 437 g/mol. The molecule has 0 aromatic carbocycles. The number of hydrogen-bond acceptors (Lipinski definition) is 5. The molecule has 3 aromatic rings. The fourth-order valence-corrected chi connectivity index (χ4v) is 3.51. The van der Waals surface area contributed by atoms with Crippen molar-refractivity contribution >= 4 is 17.5 Å². The van der Waals surface area contributed by atoms with Gasteiger partial charge in [0.2, 0.25) is 5.28 Å². The molecular weight excluding hydrogens is 421 g/mol. The Kier molecular flexibility index (Phi) is 4.97. The number of nitrogens with zero attached hydrogens (tertiary/aromatic N) is 6. The molecule has 7 nitrogen and oxygen atoms in total. The monoisotopic (exact) mass is 436 g/mol. The molecule has 0 bridgehead atoms. The van der Waals surface area contributed by atoms with Crippen LogP contribution in [0.2, 0.25) is 5.28 Å². The van der Waals surface area contributed by atoms with E-state index in [1.165, 1.54) is 4.90 Å². The Morgan fingerprint density at radius 1 is 1.27 bits per heavy atom. The number of carbonyl (C=O) groups is 1. The van der Waals surface area contributed by atoms with Gasteiger partial charge in [0, 0.05) is 31.2 Å². The van der Waals surface area contributed by atoms with Crippen LogP contribution in [0.4, 0.5) is 13.2 Å². The highest BCUT2D eigenvalue weighted by Crippen LogP contribution is 2.30. The van der Waals surface area contributed by atoms with E-state index in [1.54, 1.807) is 23.9 Å². The first-order valence-electron chi connectivity index (χ1n) is 9.03. The van der Waals surface area contributed by atoms with Gasteiger partial charge in [-0.3, -0.25) is 9.78 Å². The normalized spacial score (nSPS) is 16.7. The Labute approximate surface area is 174 Å². The number of imidazole rings is 1. The highest BCUT2D eigenvalue weighted by atomic mass is 35.5. The number of fused-ring (bicyclic) bond motifs is 1. The molecule has 156 valence electrons. The van der Waals surface area contributed by atoms with Crippen LogP contribution in [0.3, 0.4) is 0 Å². The fraction of sp³-hybridized carbons (Fsp3) is 0.316. The summed E-state index contributed by atoms with van der Waals surface area (Å²) in [6.07, 6.45) is -0.0940. The van der Waals surface area contributed by atoms with Crippen LogP contribution in [0.15, 0.2) is 30.7 Å². The maximum Gasteiger partial charge on any atom is 0.416 e. The predicted octanol–water partition coefficient (Wildman–Crippen LogP) is 3.76. The lowest BCUT2D eigenvalue weighted by atomic mass is 10.1. The van der Waals surface area contributed by atoms with Gasteiger partial charge in [-0.1, -0.05) is 0 Å². The number of rotatable bonds is 3. The summed E-state index contributed by atoms with van der Waals surface area (Å²) in [7, 11) is 0. The van der Waals surface area contributed by atoms with Crippen molar-refractivity contribution in [2.45, 2.75) is 39.2 Å². The van der Waals surface area contributed by atoms with E-state index >= 15 is 0 Å². The minimum atomic E-state index is -4.48. The van der Waals surface area contributed by atoms with Gasteiger partial charge in [0.15, 0.2) is 5.82 Å². The Morgan fingerprint density at radius 3 is 2.77 bits per heavy atom. The van der Waals surface area contributed by atoms with Crippen molar-refractivity contribution < 1.29 is 18.0 Å². The summed E-state index contributed by atoms with van der Waals surface area (Å²) in [5.74, 6) is -0.207. The number of carbonyl (C=O) groups excluding carboxylic acids is 1. The first kappa shape index (κ1) is 20.3. The molecule has 0 fully saturated rings. The molecule has 30 heavy (non-hydrogen) atoms. The Balaban J connectivity index is 1.64. The lowest BCUT2D eigenvalue weighted by Gasteiger charge is -2.33. The van der Waals surface area contributed by atoms with E-state index in [0.29, 0.717) is 17.9 Å². The van der Waals surface area contributed by atoms with E-state index in [4.69, 9.17) is 11.6 Å². The third-order valence-electron chi connectivity index (χ3n) is 4.88. The Hall–Kier alpha value is -3.01. The maximum atomic E-state index is 13.0. The second-order valence-corrected chi connectivity index (χ2v) is 7.43. The van der Waals surface area contributed by atoms with Crippen LogP contribution in [-0.2, 0) is 19.3 Å². The topological polar surface area (TPSA) is 76.8 Å². The molecule has 0 spiro atoms. The molecule has 0 N–H and O–H groups in total. The van der Waals surface area contributed by atoms with Crippen molar-refractivity contribution in [3.8, 4) is 11.4 Å². The second-order valence-electron chi connectivity index (χ2n) is 7.09. The summed E-state index contributed by atoms with van der Waals surface area (Å²) in [6.45, 7) is 4.01. The van der Waals surface area contributed by atoms with Crippen LogP contribution in [0, 0.1) is 6.92 Å². The van der Waals surface area contributed by atoms with Gasteiger partial charge in [0.05, 0.1) is 23.5 Å².